The van der Waals surface area contributed by atoms with E-state index in [1.807, 2.05) is 0 Å². The third kappa shape index (κ3) is 1.07. The van der Waals surface area contributed by atoms with Gasteiger partial charge in [-0.3, -0.25) is 0 Å². The van der Waals surface area contributed by atoms with Crippen LogP contribution in [-0.2, 0) is 5.41 Å². The van der Waals surface area contributed by atoms with E-state index in [-0.39, 0.29) is 11.2 Å². The van der Waals surface area contributed by atoms with E-state index in [1.165, 1.54) is 6.07 Å². The van der Waals surface area contributed by atoms with Crippen molar-refractivity contribution in [3.63, 3.8) is 0 Å². The first kappa shape index (κ1) is 9.61. The minimum absolute atomic E-state index is 0.0157. The van der Waals surface area contributed by atoms with Crippen LogP contribution in [0.3, 0.4) is 0 Å². The maximum absolute atomic E-state index is 13.7. The monoisotopic (exact) mass is 225 g/mol. The van der Waals surface area contributed by atoms with Gasteiger partial charge in [0.1, 0.15) is 5.82 Å². The van der Waals surface area contributed by atoms with Crippen LogP contribution in [0.25, 0.3) is 0 Å². The van der Waals surface area contributed by atoms with Gasteiger partial charge in [0.05, 0.1) is 0 Å². The van der Waals surface area contributed by atoms with Crippen LogP contribution >= 0.6 is 11.6 Å². The van der Waals surface area contributed by atoms with Crippen molar-refractivity contribution in [2.75, 3.05) is 6.54 Å². The van der Waals surface area contributed by atoms with Crippen LogP contribution < -0.4 is 5.73 Å². The maximum Gasteiger partial charge on any atom is 0.128 e. The van der Waals surface area contributed by atoms with E-state index in [2.05, 4.69) is 0 Å². The van der Waals surface area contributed by atoms with Gasteiger partial charge in [0.15, 0.2) is 0 Å². The van der Waals surface area contributed by atoms with Gasteiger partial charge in [0.2, 0.25) is 0 Å². The van der Waals surface area contributed by atoms with Crippen LogP contribution in [0.4, 0.5) is 4.39 Å². The van der Waals surface area contributed by atoms with Crippen molar-refractivity contribution in [1.29, 1.82) is 0 Å². The third-order valence-electron chi connectivity index (χ3n) is 4.07. The molecule has 1 aromatic carbocycles. The van der Waals surface area contributed by atoms with E-state index < -0.39 is 0 Å². The lowest BCUT2D eigenvalue weighted by molar-refractivity contribution is -0.134. The minimum Gasteiger partial charge on any atom is -0.330 e. The van der Waals surface area contributed by atoms with E-state index in [1.54, 1.807) is 12.1 Å². The number of nitrogens with two attached hydrogens (primary N) is 1. The van der Waals surface area contributed by atoms with Crippen molar-refractivity contribution >= 4 is 11.6 Å². The Labute approximate surface area is 93.4 Å². The molecule has 0 amide bonds. The fourth-order valence-electron chi connectivity index (χ4n) is 3.48. The summed E-state index contributed by atoms with van der Waals surface area (Å²) >= 11 is 6.07. The van der Waals surface area contributed by atoms with Gasteiger partial charge in [0.25, 0.3) is 0 Å². The molecule has 0 aromatic heterocycles. The summed E-state index contributed by atoms with van der Waals surface area (Å²) in [4.78, 5) is 0. The van der Waals surface area contributed by atoms with Gasteiger partial charge in [-0.15, -0.1) is 0 Å². The second-order valence-electron chi connectivity index (χ2n) is 5.11. The average Bonchev–Trinajstić information content (AvgIpc) is 2.06. The molecule has 2 bridgehead atoms. The SMILES string of the molecule is NCC12CC(c3c(F)cccc3Cl)(C1)C2. The van der Waals surface area contributed by atoms with Crippen molar-refractivity contribution in [3.05, 3.63) is 34.6 Å². The molecule has 1 nitrogen and oxygen atoms in total. The fraction of sp³-hybridized carbons (Fsp3) is 0.500. The molecule has 0 heterocycles. The van der Waals surface area contributed by atoms with Gasteiger partial charge in [-0.2, -0.15) is 0 Å². The van der Waals surface area contributed by atoms with Gasteiger partial charge in [-0.05, 0) is 43.4 Å². The normalized spacial score (nSPS) is 37.0. The second-order valence-corrected chi connectivity index (χ2v) is 5.52. The van der Waals surface area contributed by atoms with Crippen LogP contribution in [-0.4, -0.2) is 6.54 Å². The van der Waals surface area contributed by atoms with Crippen molar-refractivity contribution in [3.8, 4) is 0 Å². The largest absolute Gasteiger partial charge is 0.330 e. The zero-order chi connectivity index (χ0) is 10.7. The highest BCUT2D eigenvalue weighted by atomic mass is 35.5. The van der Waals surface area contributed by atoms with Crippen LogP contribution in [0.15, 0.2) is 18.2 Å². The first-order valence-corrected chi connectivity index (χ1v) is 5.63. The molecular formula is C12H13ClFN. The maximum atomic E-state index is 13.7. The molecule has 3 saturated carbocycles. The van der Waals surface area contributed by atoms with Gasteiger partial charge in [-0.1, -0.05) is 17.7 Å². The third-order valence-corrected chi connectivity index (χ3v) is 4.38. The highest BCUT2D eigenvalue weighted by molar-refractivity contribution is 6.31. The molecule has 3 aliphatic carbocycles. The summed E-state index contributed by atoms with van der Waals surface area (Å²) in [5.41, 5.74) is 6.74. The molecule has 0 saturated heterocycles. The quantitative estimate of drug-likeness (QED) is 0.823. The first-order chi connectivity index (χ1) is 7.11. The average molecular weight is 226 g/mol. The number of hydrogen-bond acceptors (Lipinski definition) is 1. The van der Waals surface area contributed by atoms with Crippen molar-refractivity contribution in [2.24, 2.45) is 11.1 Å². The van der Waals surface area contributed by atoms with Crippen molar-refractivity contribution < 1.29 is 4.39 Å². The summed E-state index contributed by atoms with van der Waals surface area (Å²) < 4.78 is 13.7. The fourth-order valence-corrected chi connectivity index (χ4v) is 3.85. The topological polar surface area (TPSA) is 26.0 Å². The Balaban J connectivity index is 1.97. The van der Waals surface area contributed by atoms with Crippen LogP contribution in [0.1, 0.15) is 24.8 Å². The molecule has 0 spiro atoms. The summed E-state index contributed by atoms with van der Waals surface area (Å²) in [6.07, 6.45) is 3.03. The summed E-state index contributed by atoms with van der Waals surface area (Å²) in [6.45, 7) is 0.723. The Morgan fingerprint density at radius 3 is 2.53 bits per heavy atom. The molecular weight excluding hydrogens is 213 g/mol. The lowest BCUT2D eigenvalue weighted by Crippen LogP contribution is -2.67. The van der Waals surface area contributed by atoms with Crippen LogP contribution in [0.5, 0.6) is 0 Å². The zero-order valence-corrected chi connectivity index (χ0v) is 9.15. The number of halogens is 2. The highest BCUT2D eigenvalue weighted by Crippen LogP contribution is 2.73. The van der Waals surface area contributed by atoms with Crippen LogP contribution in [0.2, 0.25) is 5.02 Å². The zero-order valence-electron chi connectivity index (χ0n) is 8.39. The van der Waals surface area contributed by atoms with Crippen LogP contribution in [0, 0.1) is 11.2 Å². The van der Waals surface area contributed by atoms with Gasteiger partial charge >= 0.3 is 0 Å². The molecule has 0 atom stereocenters. The number of benzene rings is 1. The minimum atomic E-state index is -0.159. The Hall–Kier alpha value is -0.600. The van der Waals surface area contributed by atoms with Gasteiger partial charge in [-0.25, -0.2) is 4.39 Å². The highest BCUT2D eigenvalue weighted by Gasteiger charge is 2.68. The Morgan fingerprint density at radius 2 is 2.00 bits per heavy atom. The van der Waals surface area contributed by atoms with E-state index in [9.17, 15) is 4.39 Å². The summed E-state index contributed by atoms with van der Waals surface area (Å²) in [6, 6.07) is 4.93. The molecule has 3 heteroatoms. The van der Waals surface area contributed by atoms with Gasteiger partial charge in [0, 0.05) is 16.0 Å². The van der Waals surface area contributed by atoms with E-state index >= 15 is 0 Å². The molecule has 0 aliphatic heterocycles. The molecule has 0 radical (unpaired) electrons. The summed E-state index contributed by atoms with van der Waals surface area (Å²) in [5.74, 6) is -0.159. The Morgan fingerprint density at radius 1 is 1.33 bits per heavy atom. The standard InChI is InChI=1S/C12H13ClFN/c13-8-2-1-3-9(14)10(8)12-4-11(5-12,6-12)7-15/h1-3H,4-7,15H2. The number of hydrogen-bond donors (Lipinski definition) is 1. The summed E-state index contributed by atoms with van der Waals surface area (Å²) in [5, 5.41) is 0.570. The number of rotatable bonds is 2. The van der Waals surface area contributed by atoms with E-state index in [4.69, 9.17) is 17.3 Å². The molecule has 3 fully saturated rings. The predicted octanol–water partition coefficient (Wildman–Crippen LogP) is 2.86. The molecule has 0 unspecified atom stereocenters. The molecule has 2 N–H and O–H groups in total. The smallest absolute Gasteiger partial charge is 0.128 e. The second kappa shape index (κ2) is 2.74. The molecule has 1 aromatic rings. The Kier molecular flexibility index (Phi) is 1.76. The molecule has 15 heavy (non-hydrogen) atoms. The van der Waals surface area contributed by atoms with E-state index in [0.29, 0.717) is 10.4 Å². The molecule has 4 rings (SSSR count). The lowest BCUT2D eigenvalue weighted by Gasteiger charge is -2.71. The van der Waals surface area contributed by atoms with Crippen molar-refractivity contribution in [1.82, 2.24) is 0 Å². The van der Waals surface area contributed by atoms with E-state index in [0.717, 1.165) is 31.4 Å². The van der Waals surface area contributed by atoms with Gasteiger partial charge < -0.3 is 5.73 Å². The lowest BCUT2D eigenvalue weighted by atomic mass is 9.33. The van der Waals surface area contributed by atoms with Crippen molar-refractivity contribution in [2.45, 2.75) is 24.7 Å². The molecule has 3 aliphatic rings. The summed E-state index contributed by atoms with van der Waals surface area (Å²) in [7, 11) is 0. The molecule has 80 valence electrons. The Bertz CT molecular complexity index is 390. The predicted molar refractivity (Wildman–Crippen MR) is 58.4 cm³/mol. The first-order valence-electron chi connectivity index (χ1n) is 5.26.